The predicted molar refractivity (Wildman–Crippen MR) is 91.8 cm³/mol. The van der Waals surface area contributed by atoms with Crippen LogP contribution in [0.4, 0.5) is 11.4 Å². The number of nitrogens with zero attached hydrogens (tertiary/aromatic N) is 4. The lowest BCUT2D eigenvalue weighted by molar-refractivity contribution is -0.384. The number of nitro benzene ring substituents is 1. The van der Waals surface area contributed by atoms with Crippen molar-refractivity contribution in [1.29, 1.82) is 0 Å². The Morgan fingerprint density at radius 2 is 1.42 bits per heavy atom. The van der Waals surface area contributed by atoms with Gasteiger partial charge in [0.05, 0.1) is 16.0 Å². The molecule has 2 heterocycles. The van der Waals surface area contributed by atoms with Gasteiger partial charge >= 0.3 is 11.1 Å². The number of aryl methyl sites for hydroxylation is 2. The van der Waals surface area contributed by atoms with Gasteiger partial charge in [-0.2, -0.15) is 0 Å². The summed E-state index contributed by atoms with van der Waals surface area (Å²) in [5.41, 5.74) is 0.0582. The van der Waals surface area contributed by atoms with Crippen molar-refractivity contribution >= 4 is 22.4 Å². The second-order valence-electron chi connectivity index (χ2n) is 6.22. The van der Waals surface area contributed by atoms with Gasteiger partial charge in [0.1, 0.15) is 5.69 Å². The summed E-state index contributed by atoms with van der Waals surface area (Å²) in [4.78, 5) is 37.2. The van der Waals surface area contributed by atoms with E-state index in [2.05, 4.69) is 0 Å². The molecule has 0 amide bonds. The number of hydrogen-bond acceptors (Lipinski definition) is 5. The van der Waals surface area contributed by atoms with E-state index < -0.39 is 16.0 Å². The molecule has 1 aliphatic rings. The Morgan fingerprint density at radius 3 is 1.92 bits per heavy atom. The van der Waals surface area contributed by atoms with Gasteiger partial charge in [-0.15, -0.1) is 0 Å². The van der Waals surface area contributed by atoms with E-state index in [4.69, 9.17) is 0 Å². The van der Waals surface area contributed by atoms with E-state index in [0.29, 0.717) is 16.7 Å². The monoisotopic (exact) mass is 332 g/mol. The molecular formula is C16H20N4O4. The average molecular weight is 332 g/mol. The highest BCUT2D eigenvalue weighted by atomic mass is 16.6. The van der Waals surface area contributed by atoms with Gasteiger partial charge in [0.2, 0.25) is 0 Å². The van der Waals surface area contributed by atoms with Crippen LogP contribution in [0.25, 0.3) is 11.0 Å². The van der Waals surface area contributed by atoms with Gasteiger partial charge in [-0.05, 0) is 18.9 Å². The molecule has 3 rings (SSSR count). The molecule has 1 saturated heterocycles. The summed E-state index contributed by atoms with van der Waals surface area (Å²) in [5, 5.41) is 11.6. The third-order valence-electron chi connectivity index (χ3n) is 4.73. The minimum Gasteiger partial charge on any atom is -0.366 e. The van der Waals surface area contributed by atoms with Crippen molar-refractivity contribution in [1.82, 2.24) is 9.13 Å². The van der Waals surface area contributed by atoms with Crippen molar-refractivity contribution in [2.75, 3.05) is 18.0 Å². The Morgan fingerprint density at radius 1 is 0.917 bits per heavy atom. The van der Waals surface area contributed by atoms with Crippen molar-refractivity contribution in [3.05, 3.63) is 43.0 Å². The van der Waals surface area contributed by atoms with E-state index >= 15 is 0 Å². The smallest absolute Gasteiger partial charge is 0.316 e. The molecule has 1 aliphatic heterocycles. The van der Waals surface area contributed by atoms with Crippen LogP contribution in [-0.2, 0) is 14.1 Å². The minimum absolute atomic E-state index is 0.0296. The SMILES string of the molecule is Cn1c(=O)c(=O)n(C)c2cc([N+](=O)[O-])c(N3CCCCCC3)cc21. The van der Waals surface area contributed by atoms with Crippen molar-refractivity contribution < 1.29 is 4.92 Å². The van der Waals surface area contributed by atoms with Gasteiger partial charge < -0.3 is 14.0 Å². The largest absolute Gasteiger partial charge is 0.366 e. The van der Waals surface area contributed by atoms with Crippen LogP contribution in [0.15, 0.2) is 21.7 Å². The molecule has 8 heteroatoms. The molecule has 0 bridgehead atoms. The van der Waals surface area contributed by atoms with Crippen LogP contribution in [0.1, 0.15) is 25.7 Å². The summed E-state index contributed by atoms with van der Waals surface area (Å²) >= 11 is 0. The summed E-state index contributed by atoms with van der Waals surface area (Å²) in [5.74, 6) is 0. The maximum absolute atomic E-state index is 12.0. The number of aromatic nitrogens is 2. The Kier molecular flexibility index (Phi) is 4.13. The van der Waals surface area contributed by atoms with Crippen LogP contribution in [0.3, 0.4) is 0 Å². The summed E-state index contributed by atoms with van der Waals surface area (Å²) in [6.45, 7) is 1.51. The van der Waals surface area contributed by atoms with Gasteiger partial charge in [-0.3, -0.25) is 19.7 Å². The molecule has 8 nitrogen and oxygen atoms in total. The maximum Gasteiger partial charge on any atom is 0.316 e. The second-order valence-corrected chi connectivity index (χ2v) is 6.22. The van der Waals surface area contributed by atoms with Crippen LogP contribution >= 0.6 is 0 Å². The average Bonchev–Trinajstić information content (AvgIpc) is 2.86. The molecule has 24 heavy (non-hydrogen) atoms. The van der Waals surface area contributed by atoms with Crippen LogP contribution in [0, 0.1) is 10.1 Å². The molecule has 0 saturated carbocycles. The molecule has 0 radical (unpaired) electrons. The zero-order chi connectivity index (χ0) is 17.4. The van der Waals surface area contributed by atoms with E-state index in [1.54, 1.807) is 6.07 Å². The molecule has 1 aromatic heterocycles. The highest BCUT2D eigenvalue weighted by molar-refractivity contribution is 5.85. The second kappa shape index (κ2) is 6.10. The fraction of sp³-hybridized carbons (Fsp3) is 0.500. The van der Waals surface area contributed by atoms with E-state index in [0.717, 1.165) is 38.8 Å². The van der Waals surface area contributed by atoms with E-state index in [-0.39, 0.29) is 5.69 Å². The molecule has 0 N–H and O–H groups in total. The van der Waals surface area contributed by atoms with Crippen LogP contribution in [0.2, 0.25) is 0 Å². The summed E-state index contributed by atoms with van der Waals surface area (Å²) in [7, 11) is 2.98. The molecule has 0 unspecified atom stereocenters. The number of rotatable bonds is 2. The quantitative estimate of drug-likeness (QED) is 0.472. The number of anilines is 1. The summed E-state index contributed by atoms with van der Waals surface area (Å²) in [6.07, 6.45) is 4.21. The van der Waals surface area contributed by atoms with Gasteiger partial charge in [0.15, 0.2) is 0 Å². The number of benzene rings is 1. The Bertz CT molecular complexity index is 920. The Labute approximate surface area is 138 Å². The highest BCUT2D eigenvalue weighted by Gasteiger charge is 2.23. The van der Waals surface area contributed by atoms with E-state index in [1.165, 1.54) is 29.3 Å². The van der Waals surface area contributed by atoms with Crippen molar-refractivity contribution in [2.45, 2.75) is 25.7 Å². The number of fused-ring (bicyclic) bond motifs is 1. The Balaban J connectivity index is 2.32. The van der Waals surface area contributed by atoms with Gasteiger partial charge in [-0.1, -0.05) is 12.8 Å². The van der Waals surface area contributed by atoms with Crippen LogP contribution < -0.4 is 16.0 Å². The molecule has 128 valence electrons. The normalized spacial score (nSPS) is 15.5. The fourth-order valence-electron chi connectivity index (χ4n) is 3.31. The molecule has 1 aromatic carbocycles. The predicted octanol–water partition coefficient (Wildman–Crippen LogP) is 1.53. The number of nitro groups is 1. The van der Waals surface area contributed by atoms with Crippen molar-refractivity contribution in [3.63, 3.8) is 0 Å². The minimum atomic E-state index is -0.693. The summed E-state index contributed by atoms with van der Waals surface area (Å²) in [6, 6.07) is 3.07. The lowest BCUT2D eigenvalue weighted by atomic mass is 10.2. The fourth-order valence-corrected chi connectivity index (χ4v) is 3.31. The first-order valence-electron chi connectivity index (χ1n) is 8.05. The first kappa shape index (κ1) is 16.2. The maximum atomic E-state index is 12.0. The van der Waals surface area contributed by atoms with Crippen molar-refractivity contribution in [3.8, 4) is 0 Å². The third-order valence-corrected chi connectivity index (χ3v) is 4.73. The third kappa shape index (κ3) is 2.57. The molecule has 0 atom stereocenters. The topological polar surface area (TPSA) is 90.4 Å². The molecule has 0 spiro atoms. The highest BCUT2D eigenvalue weighted by Crippen LogP contribution is 2.33. The first-order chi connectivity index (χ1) is 11.4. The Hall–Kier alpha value is -2.64. The number of hydrogen-bond donors (Lipinski definition) is 0. The first-order valence-corrected chi connectivity index (χ1v) is 8.05. The van der Waals surface area contributed by atoms with Gasteiger partial charge in [0, 0.05) is 33.3 Å². The molecular weight excluding hydrogens is 312 g/mol. The standard InChI is InChI=1S/C16H20N4O4/c1-17-11-9-13(19-7-5-3-4-6-8-19)14(20(23)24)10-12(11)18(2)16(22)15(17)21/h9-10H,3-8H2,1-2H3. The van der Waals surface area contributed by atoms with Gasteiger partial charge in [-0.25, -0.2) is 0 Å². The van der Waals surface area contributed by atoms with Crippen LogP contribution in [0.5, 0.6) is 0 Å². The zero-order valence-corrected chi connectivity index (χ0v) is 13.8. The lowest BCUT2D eigenvalue weighted by Crippen LogP contribution is -2.39. The van der Waals surface area contributed by atoms with Crippen LogP contribution in [-0.4, -0.2) is 27.1 Å². The zero-order valence-electron chi connectivity index (χ0n) is 13.8. The molecule has 0 aliphatic carbocycles. The van der Waals surface area contributed by atoms with Gasteiger partial charge in [0.25, 0.3) is 5.69 Å². The van der Waals surface area contributed by atoms with Crippen molar-refractivity contribution in [2.24, 2.45) is 14.1 Å². The van der Waals surface area contributed by atoms with E-state index in [1.807, 2.05) is 4.90 Å². The molecule has 1 fully saturated rings. The lowest BCUT2D eigenvalue weighted by Gasteiger charge is -2.23. The summed E-state index contributed by atoms with van der Waals surface area (Å²) < 4.78 is 2.44. The van der Waals surface area contributed by atoms with E-state index in [9.17, 15) is 19.7 Å². The molecule has 2 aromatic rings.